The lowest BCUT2D eigenvalue weighted by atomic mass is 10.1. The highest BCUT2D eigenvalue weighted by Crippen LogP contribution is 2.14. The fourth-order valence-electron chi connectivity index (χ4n) is 1.39. The average Bonchev–Trinajstić information content (AvgIpc) is 2.83. The second-order valence-electron chi connectivity index (χ2n) is 3.55. The fraction of sp³-hybridized carbons (Fsp3) is 0.300. The normalized spacial score (nSPS) is 10.5. The molecule has 0 unspecified atom stereocenters. The van der Waals surface area contributed by atoms with Gasteiger partial charge in [-0.2, -0.15) is 0 Å². The van der Waals surface area contributed by atoms with E-state index in [0.717, 1.165) is 23.7 Å². The van der Waals surface area contributed by atoms with Gasteiger partial charge in [-0.05, 0) is 35.4 Å². The summed E-state index contributed by atoms with van der Waals surface area (Å²) in [5.41, 5.74) is 0.356. The van der Waals surface area contributed by atoms with Crippen LogP contribution >= 0.6 is 11.5 Å². The highest BCUT2D eigenvalue weighted by molar-refractivity contribution is 7.09. The predicted molar refractivity (Wildman–Crippen MR) is 61.0 cm³/mol. The van der Waals surface area contributed by atoms with Crippen LogP contribution in [0.4, 0.5) is 13.9 Å². The van der Waals surface area contributed by atoms with Gasteiger partial charge in [0.25, 0.3) is 0 Å². The molecular weight excluding hydrogens is 246 g/mol. The molecule has 0 aliphatic rings. The Morgan fingerprint density at radius 3 is 2.88 bits per heavy atom. The molecule has 0 aliphatic carbocycles. The molecule has 1 aromatic carbocycles. The van der Waals surface area contributed by atoms with Crippen molar-refractivity contribution in [3.8, 4) is 0 Å². The number of benzene rings is 1. The third-order valence-corrected chi connectivity index (χ3v) is 3.05. The maximum atomic E-state index is 13.3. The number of hydrogen-bond acceptors (Lipinski definition) is 5. The van der Waals surface area contributed by atoms with Crippen molar-refractivity contribution in [2.45, 2.75) is 6.42 Å². The molecule has 7 heteroatoms. The molecule has 0 saturated carbocycles. The molecule has 0 N–H and O–H groups in total. The number of halogens is 2. The highest BCUT2D eigenvalue weighted by atomic mass is 32.1. The lowest BCUT2D eigenvalue weighted by Crippen LogP contribution is -2.20. The maximum Gasteiger partial charge on any atom is 0.227 e. The Morgan fingerprint density at radius 1 is 1.35 bits per heavy atom. The summed E-state index contributed by atoms with van der Waals surface area (Å²) in [7, 11) is 1.80. The van der Waals surface area contributed by atoms with E-state index in [1.807, 2.05) is 0 Å². The Kier molecular flexibility index (Phi) is 3.58. The predicted octanol–water partition coefficient (Wildman–Crippen LogP) is 1.89. The molecule has 0 spiro atoms. The topological polar surface area (TPSA) is 41.9 Å². The summed E-state index contributed by atoms with van der Waals surface area (Å²) in [6.07, 6.45) is 0.402. The minimum Gasteiger partial charge on any atom is -0.348 e. The molecular formula is C10H10F2N4S. The van der Waals surface area contributed by atoms with E-state index in [2.05, 4.69) is 14.8 Å². The van der Waals surface area contributed by atoms with Crippen molar-refractivity contribution in [1.82, 2.24) is 14.8 Å². The molecule has 0 aliphatic heterocycles. The monoisotopic (exact) mass is 256 g/mol. The summed E-state index contributed by atoms with van der Waals surface area (Å²) in [4.78, 5) is 1.80. The summed E-state index contributed by atoms with van der Waals surface area (Å²) >= 11 is 1.16. The van der Waals surface area contributed by atoms with Gasteiger partial charge in [0, 0.05) is 25.1 Å². The molecule has 1 heterocycles. The fourth-order valence-corrected chi connectivity index (χ4v) is 1.84. The van der Waals surface area contributed by atoms with E-state index < -0.39 is 11.6 Å². The van der Waals surface area contributed by atoms with Gasteiger partial charge in [-0.3, -0.25) is 0 Å². The lowest BCUT2D eigenvalue weighted by molar-refractivity contribution is 0.584. The number of aromatic nitrogens is 3. The van der Waals surface area contributed by atoms with E-state index in [1.54, 1.807) is 11.9 Å². The van der Waals surface area contributed by atoms with Gasteiger partial charge in [-0.15, -0.1) is 0 Å². The zero-order valence-electron chi connectivity index (χ0n) is 9.10. The minimum absolute atomic E-state index is 0.356. The van der Waals surface area contributed by atoms with Crippen molar-refractivity contribution in [2.75, 3.05) is 18.5 Å². The van der Waals surface area contributed by atoms with Crippen LogP contribution < -0.4 is 4.90 Å². The van der Waals surface area contributed by atoms with Crippen LogP contribution in [0.25, 0.3) is 0 Å². The lowest BCUT2D eigenvalue weighted by Gasteiger charge is -2.14. The van der Waals surface area contributed by atoms with Gasteiger partial charge >= 0.3 is 0 Å². The number of rotatable bonds is 4. The smallest absolute Gasteiger partial charge is 0.227 e. The zero-order valence-corrected chi connectivity index (χ0v) is 9.92. The van der Waals surface area contributed by atoms with Crippen LogP contribution in [0.1, 0.15) is 5.56 Å². The van der Waals surface area contributed by atoms with Crippen LogP contribution in [0, 0.1) is 11.6 Å². The number of anilines is 1. The second kappa shape index (κ2) is 5.13. The Hall–Kier alpha value is -1.63. The average molecular weight is 256 g/mol. The Balaban J connectivity index is 2.00. The number of nitrogens with zero attached hydrogens (tertiary/aromatic N) is 4. The highest BCUT2D eigenvalue weighted by Gasteiger charge is 2.08. The van der Waals surface area contributed by atoms with E-state index in [9.17, 15) is 8.78 Å². The van der Waals surface area contributed by atoms with Crippen LogP contribution in [-0.2, 0) is 6.42 Å². The van der Waals surface area contributed by atoms with Gasteiger partial charge in [-0.25, -0.2) is 8.78 Å². The first kappa shape index (κ1) is 11.8. The first-order valence-electron chi connectivity index (χ1n) is 4.97. The molecule has 2 aromatic rings. The van der Waals surface area contributed by atoms with Crippen molar-refractivity contribution in [1.29, 1.82) is 0 Å². The maximum absolute atomic E-state index is 13.3. The van der Waals surface area contributed by atoms with Crippen molar-refractivity contribution in [3.05, 3.63) is 35.4 Å². The van der Waals surface area contributed by atoms with Crippen molar-refractivity contribution < 1.29 is 8.78 Å². The van der Waals surface area contributed by atoms with Crippen LogP contribution in [0.5, 0.6) is 0 Å². The Bertz CT molecular complexity index is 489. The standard InChI is InChI=1S/C10H10F2N4S/c1-16(10-13-14-15-17-10)5-4-7-6-8(11)2-3-9(7)12/h2-3,6H,4-5H2,1H3. The molecule has 1 aromatic heterocycles. The molecule has 0 bridgehead atoms. The van der Waals surface area contributed by atoms with Crippen LogP contribution in [0.15, 0.2) is 18.2 Å². The van der Waals surface area contributed by atoms with Gasteiger partial charge in [0.2, 0.25) is 5.13 Å². The first-order chi connectivity index (χ1) is 8.16. The largest absolute Gasteiger partial charge is 0.348 e. The Morgan fingerprint density at radius 2 is 2.18 bits per heavy atom. The SMILES string of the molecule is CN(CCc1cc(F)ccc1F)c1nnns1. The molecule has 90 valence electrons. The summed E-state index contributed by atoms with van der Waals surface area (Å²) < 4.78 is 29.9. The van der Waals surface area contributed by atoms with Gasteiger partial charge in [0.1, 0.15) is 11.6 Å². The van der Waals surface area contributed by atoms with Gasteiger partial charge < -0.3 is 4.90 Å². The van der Waals surface area contributed by atoms with Crippen molar-refractivity contribution in [2.24, 2.45) is 0 Å². The third-order valence-electron chi connectivity index (χ3n) is 2.34. The summed E-state index contributed by atoms with van der Waals surface area (Å²) in [6.45, 7) is 0.525. The number of likely N-dealkylation sites (N-methyl/N-ethyl adjacent to an activating group) is 1. The van der Waals surface area contributed by atoms with Crippen LogP contribution in [-0.4, -0.2) is 28.4 Å². The van der Waals surface area contributed by atoms with Crippen LogP contribution in [0.3, 0.4) is 0 Å². The van der Waals surface area contributed by atoms with Gasteiger partial charge in [-0.1, -0.05) is 9.59 Å². The zero-order chi connectivity index (χ0) is 12.3. The second-order valence-corrected chi connectivity index (χ2v) is 4.26. The molecule has 0 radical (unpaired) electrons. The van der Waals surface area contributed by atoms with Crippen molar-refractivity contribution in [3.63, 3.8) is 0 Å². The van der Waals surface area contributed by atoms with Gasteiger partial charge in [0.05, 0.1) is 0 Å². The van der Waals surface area contributed by atoms with E-state index in [4.69, 9.17) is 0 Å². The van der Waals surface area contributed by atoms with Gasteiger partial charge in [0.15, 0.2) is 0 Å². The summed E-state index contributed by atoms with van der Waals surface area (Å²) in [5, 5.41) is 7.91. The molecule has 0 amide bonds. The quantitative estimate of drug-likeness (QED) is 0.837. The van der Waals surface area contributed by atoms with Crippen LogP contribution in [0.2, 0.25) is 0 Å². The Labute approximate surface area is 101 Å². The van der Waals surface area contributed by atoms with Crippen molar-refractivity contribution >= 4 is 16.7 Å². The molecule has 0 atom stereocenters. The van der Waals surface area contributed by atoms with E-state index in [-0.39, 0.29) is 0 Å². The molecule has 0 fully saturated rings. The number of hydrogen-bond donors (Lipinski definition) is 0. The molecule has 2 rings (SSSR count). The third kappa shape index (κ3) is 2.94. The minimum atomic E-state index is -0.429. The molecule has 4 nitrogen and oxygen atoms in total. The van der Waals surface area contributed by atoms with E-state index in [0.29, 0.717) is 23.7 Å². The molecule has 17 heavy (non-hydrogen) atoms. The summed E-state index contributed by atoms with van der Waals surface area (Å²) in [6, 6.07) is 3.45. The summed E-state index contributed by atoms with van der Waals surface area (Å²) in [5.74, 6) is -0.822. The van der Waals surface area contributed by atoms with E-state index in [1.165, 1.54) is 6.07 Å². The van der Waals surface area contributed by atoms with E-state index >= 15 is 0 Å². The first-order valence-corrected chi connectivity index (χ1v) is 5.74. The molecule has 0 saturated heterocycles.